The van der Waals surface area contributed by atoms with Crippen LogP contribution >= 0.6 is 11.8 Å². The van der Waals surface area contributed by atoms with E-state index >= 15 is 0 Å². The number of rotatable bonds is 2. The summed E-state index contributed by atoms with van der Waals surface area (Å²) in [4.78, 5) is 5.31. The summed E-state index contributed by atoms with van der Waals surface area (Å²) in [5.74, 6) is 0. The molecule has 3 nitrogen and oxygen atoms in total. The molecule has 2 aromatic rings. The molecule has 0 saturated heterocycles. The van der Waals surface area contributed by atoms with Gasteiger partial charge >= 0.3 is 0 Å². The molecule has 0 fully saturated rings. The molecular formula is C14H13N3S. The molecule has 90 valence electrons. The number of anilines is 1. The number of nitriles is 1. The highest BCUT2D eigenvalue weighted by molar-refractivity contribution is 7.99. The maximum absolute atomic E-state index is 8.76. The first-order chi connectivity index (χ1) is 8.60. The highest BCUT2D eigenvalue weighted by atomic mass is 32.2. The van der Waals surface area contributed by atoms with Crippen molar-refractivity contribution in [2.75, 3.05) is 5.73 Å². The zero-order valence-corrected chi connectivity index (χ0v) is 11.1. The topological polar surface area (TPSA) is 62.7 Å². The molecule has 0 spiro atoms. The number of benzene rings is 1. The fourth-order valence-corrected chi connectivity index (χ4v) is 2.38. The van der Waals surface area contributed by atoms with Crippen LogP contribution in [0.1, 0.15) is 16.7 Å². The highest BCUT2D eigenvalue weighted by Crippen LogP contribution is 2.31. The Kier molecular flexibility index (Phi) is 3.54. The largest absolute Gasteiger partial charge is 0.396 e. The predicted molar refractivity (Wildman–Crippen MR) is 73.4 cm³/mol. The first kappa shape index (κ1) is 12.5. The molecule has 0 saturated carbocycles. The third-order valence-electron chi connectivity index (χ3n) is 2.70. The van der Waals surface area contributed by atoms with Crippen LogP contribution in [0, 0.1) is 25.2 Å². The standard InChI is InChI=1S/C14H13N3S/c1-9-3-4-12(5-10(9)2)18-14-13(16)6-11(7-15)8-17-14/h3-6,8H,16H2,1-2H3. The first-order valence-corrected chi connectivity index (χ1v) is 6.32. The molecule has 2 rings (SSSR count). The second kappa shape index (κ2) is 5.11. The SMILES string of the molecule is Cc1ccc(Sc2ncc(C#N)cc2N)cc1C. The minimum Gasteiger partial charge on any atom is -0.396 e. The van der Waals surface area contributed by atoms with Crippen molar-refractivity contribution in [2.45, 2.75) is 23.8 Å². The Morgan fingerprint density at radius 3 is 2.61 bits per heavy atom. The summed E-state index contributed by atoms with van der Waals surface area (Å²) in [7, 11) is 0. The average Bonchev–Trinajstić information content (AvgIpc) is 2.36. The fraction of sp³-hybridized carbons (Fsp3) is 0.143. The minimum atomic E-state index is 0.483. The van der Waals surface area contributed by atoms with Crippen molar-refractivity contribution in [2.24, 2.45) is 0 Å². The van der Waals surface area contributed by atoms with Crippen molar-refractivity contribution in [1.29, 1.82) is 5.26 Å². The summed E-state index contributed by atoms with van der Waals surface area (Å²) in [5.41, 5.74) is 9.41. The molecule has 0 unspecified atom stereocenters. The lowest BCUT2D eigenvalue weighted by Gasteiger charge is -2.06. The molecule has 0 amide bonds. The van der Waals surface area contributed by atoms with Gasteiger partial charge < -0.3 is 5.73 Å². The molecule has 1 heterocycles. The van der Waals surface area contributed by atoms with Crippen molar-refractivity contribution in [3.8, 4) is 6.07 Å². The van der Waals surface area contributed by atoms with E-state index in [0.29, 0.717) is 11.3 Å². The molecular weight excluding hydrogens is 242 g/mol. The van der Waals surface area contributed by atoms with Crippen LogP contribution in [-0.4, -0.2) is 4.98 Å². The van der Waals surface area contributed by atoms with Gasteiger partial charge in [-0.25, -0.2) is 4.98 Å². The van der Waals surface area contributed by atoms with Crippen LogP contribution in [0.15, 0.2) is 40.4 Å². The van der Waals surface area contributed by atoms with Gasteiger partial charge in [-0.1, -0.05) is 17.8 Å². The second-order valence-corrected chi connectivity index (χ2v) is 5.14. The third-order valence-corrected chi connectivity index (χ3v) is 3.72. The number of pyridine rings is 1. The Morgan fingerprint density at radius 1 is 1.22 bits per heavy atom. The van der Waals surface area contributed by atoms with E-state index in [9.17, 15) is 0 Å². The van der Waals surface area contributed by atoms with Gasteiger partial charge in [-0.3, -0.25) is 0 Å². The van der Waals surface area contributed by atoms with Crippen LogP contribution in [0.4, 0.5) is 5.69 Å². The fourth-order valence-electron chi connectivity index (χ4n) is 1.50. The summed E-state index contributed by atoms with van der Waals surface area (Å²) >= 11 is 1.51. The van der Waals surface area contributed by atoms with Crippen LogP contribution in [0.2, 0.25) is 0 Å². The van der Waals surface area contributed by atoms with Gasteiger partial charge in [0.05, 0.1) is 11.3 Å². The molecule has 0 atom stereocenters. The molecule has 2 N–H and O–H groups in total. The normalized spacial score (nSPS) is 10.1. The van der Waals surface area contributed by atoms with Gasteiger partial charge in [0, 0.05) is 11.1 Å². The number of nitrogens with zero attached hydrogens (tertiary/aromatic N) is 2. The van der Waals surface area contributed by atoms with Gasteiger partial charge in [0.2, 0.25) is 0 Å². The average molecular weight is 255 g/mol. The molecule has 18 heavy (non-hydrogen) atoms. The van der Waals surface area contributed by atoms with E-state index in [-0.39, 0.29) is 0 Å². The van der Waals surface area contributed by atoms with Gasteiger partial charge in [0.25, 0.3) is 0 Å². The maximum Gasteiger partial charge on any atom is 0.124 e. The van der Waals surface area contributed by atoms with E-state index < -0.39 is 0 Å². The van der Waals surface area contributed by atoms with Crippen LogP contribution in [-0.2, 0) is 0 Å². The molecule has 0 aliphatic carbocycles. The highest BCUT2D eigenvalue weighted by Gasteiger charge is 2.05. The zero-order valence-electron chi connectivity index (χ0n) is 10.3. The zero-order chi connectivity index (χ0) is 13.1. The minimum absolute atomic E-state index is 0.483. The number of nitrogens with two attached hydrogens (primary N) is 1. The molecule has 1 aromatic carbocycles. The van der Waals surface area contributed by atoms with Gasteiger partial charge in [0.1, 0.15) is 11.1 Å². The summed E-state index contributed by atoms with van der Waals surface area (Å²) in [5, 5.41) is 9.49. The van der Waals surface area contributed by atoms with E-state index in [1.165, 1.54) is 22.9 Å². The van der Waals surface area contributed by atoms with Crippen molar-refractivity contribution in [1.82, 2.24) is 4.98 Å². The number of hydrogen-bond acceptors (Lipinski definition) is 4. The lowest BCUT2D eigenvalue weighted by atomic mass is 10.1. The predicted octanol–water partition coefficient (Wildman–Crippen LogP) is 3.30. The van der Waals surface area contributed by atoms with Gasteiger partial charge in [-0.15, -0.1) is 0 Å². The van der Waals surface area contributed by atoms with Crippen molar-refractivity contribution in [3.05, 3.63) is 47.2 Å². The summed E-state index contributed by atoms with van der Waals surface area (Å²) in [6.07, 6.45) is 1.54. The molecule has 0 bridgehead atoms. The maximum atomic E-state index is 8.76. The Balaban J connectivity index is 2.29. The Bertz CT molecular complexity index is 629. The summed E-state index contributed by atoms with van der Waals surface area (Å²) in [6, 6.07) is 9.91. The van der Waals surface area contributed by atoms with Crippen LogP contribution < -0.4 is 5.73 Å². The number of aromatic nitrogens is 1. The smallest absolute Gasteiger partial charge is 0.124 e. The summed E-state index contributed by atoms with van der Waals surface area (Å²) in [6.45, 7) is 4.16. The number of aryl methyl sites for hydroxylation is 2. The van der Waals surface area contributed by atoms with Crippen molar-refractivity contribution < 1.29 is 0 Å². The second-order valence-electron chi connectivity index (χ2n) is 4.08. The Hall–Kier alpha value is -1.99. The van der Waals surface area contributed by atoms with Crippen LogP contribution in [0.3, 0.4) is 0 Å². The van der Waals surface area contributed by atoms with E-state index in [1.54, 1.807) is 12.3 Å². The molecule has 0 aliphatic heterocycles. The molecule has 1 aromatic heterocycles. The Morgan fingerprint density at radius 2 is 2.00 bits per heavy atom. The lowest BCUT2D eigenvalue weighted by molar-refractivity contribution is 1.13. The van der Waals surface area contributed by atoms with Crippen LogP contribution in [0.5, 0.6) is 0 Å². The van der Waals surface area contributed by atoms with E-state index in [0.717, 1.165) is 9.92 Å². The number of nitrogen functional groups attached to an aromatic ring is 1. The van der Waals surface area contributed by atoms with E-state index in [1.807, 2.05) is 12.1 Å². The van der Waals surface area contributed by atoms with Gasteiger partial charge in [-0.2, -0.15) is 5.26 Å². The molecule has 0 aliphatic rings. The number of hydrogen-bond donors (Lipinski definition) is 1. The van der Waals surface area contributed by atoms with E-state index in [2.05, 4.69) is 31.0 Å². The van der Waals surface area contributed by atoms with Gasteiger partial charge in [-0.05, 0) is 43.2 Å². The Labute approximate surface area is 111 Å². The van der Waals surface area contributed by atoms with Crippen molar-refractivity contribution in [3.63, 3.8) is 0 Å². The quantitative estimate of drug-likeness (QED) is 0.894. The first-order valence-electron chi connectivity index (χ1n) is 5.51. The molecule has 0 radical (unpaired) electrons. The lowest BCUT2D eigenvalue weighted by Crippen LogP contribution is -1.93. The van der Waals surface area contributed by atoms with Crippen LogP contribution in [0.25, 0.3) is 0 Å². The summed E-state index contributed by atoms with van der Waals surface area (Å²) < 4.78 is 0. The third kappa shape index (κ3) is 2.63. The molecule has 4 heteroatoms. The van der Waals surface area contributed by atoms with Gasteiger partial charge in [0.15, 0.2) is 0 Å². The monoisotopic (exact) mass is 255 g/mol. The van der Waals surface area contributed by atoms with Crippen molar-refractivity contribution >= 4 is 17.4 Å². The van der Waals surface area contributed by atoms with E-state index in [4.69, 9.17) is 11.0 Å².